The summed E-state index contributed by atoms with van der Waals surface area (Å²) in [7, 11) is 1.56. The molecular formula is C12H16N2O4. The summed E-state index contributed by atoms with van der Waals surface area (Å²) in [4.78, 5) is 26.3. The van der Waals surface area contributed by atoms with E-state index in [2.05, 4.69) is 10.3 Å². The summed E-state index contributed by atoms with van der Waals surface area (Å²) in [6.07, 6.45) is 2.03. The van der Waals surface area contributed by atoms with Crippen molar-refractivity contribution in [2.75, 3.05) is 13.7 Å². The second-order valence-electron chi connectivity index (χ2n) is 3.77. The standard InChI is InChI=1S/C12H16N2O4/c1-3-9(7-18-2)14-11(15)8-4-5-13-10(6-8)12(16)17/h4-6,9H,3,7H2,1-2H3,(H,14,15)(H,16,17). The lowest BCUT2D eigenvalue weighted by molar-refractivity contribution is 0.0690. The molecule has 0 aliphatic rings. The molecule has 0 saturated carbocycles. The molecule has 0 fully saturated rings. The average molecular weight is 252 g/mol. The van der Waals surface area contributed by atoms with Crippen molar-refractivity contribution in [1.29, 1.82) is 0 Å². The van der Waals surface area contributed by atoms with Gasteiger partial charge in [-0.2, -0.15) is 0 Å². The predicted molar refractivity (Wildman–Crippen MR) is 64.6 cm³/mol. The molecule has 6 heteroatoms. The Morgan fingerprint density at radius 2 is 2.28 bits per heavy atom. The summed E-state index contributed by atoms with van der Waals surface area (Å²) in [6.45, 7) is 2.35. The lowest BCUT2D eigenvalue weighted by atomic mass is 10.2. The Morgan fingerprint density at radius 3 is 2.83 bits per heavy atom. The monoisotopic (exact) mass is 252 g/mol. The summed E-state index contributed by atoms with van der Waals surface area (Å²) >= 11 is 0. The van der Waals surface area contributed by atoms with E-state index in [1.54, 1.807) is 7.11 Å². The molecule has 1 rings (SSSR count). The SMILES string of the molecule is CCC(COC)NC(=O)c1ccnc(C(=O)O)c1. The van der Waals surface area contributed by atoms with Gasteiger partial charge in [0.1, 0.15) is 5.69 Å². The Balaban J connectivity index is 2.77. The van der Waals surface area contributed by atoms with E-state index in [-0.39, 0.29) is 23.2 Å². The highest BCUT2D eigenvalue weighted by molar-refractivity contribution is 5.96. The van der Waals surface area contributed by atoms with Gasteiger partial charge in [-0.1, -0.05) is 6.92 Å². The molecule has 98 valence electrons. The lowest BCUT2D eigenvalue weighted by Gasteiger charge is -2.15. The second-order valence-corrected chi connectivity index (χ2v) is 3.77. The molecule has 0 saturated heterocycles. The number of rotatable bonds is 6. The number of ether oxygens (including phenoxy) is 1. The van der Waals surface area contributed by atoms with E-state index >= 15 is 0 Å². The van der Waals surface area contributed by atoms with Crippen molar-refractivity contribution in [3.05, 3.63) is 29.6 Å². The van der Waals surface area contributed by atoms with Crippen LogP contribution < -0.4 is 5.32 Å². The maximum absolute atomic E-state index is 11.9. The third kappa shape index (κ3) is 3.81. The van der Waals surface area contributed by atoms with Crippen molar-refractivity contribution in [3.8, 4) is 0 Å². The van der Waals surface area contributed by atoms with Crippen LogP contribution in [0.5, 0.6) is 0 Å². The van der Waals surface area contributed by atoms with Crippen LogP contribution in [0, 0.1) is 0 Å². The molecule has 0 aromatic carbocycles. The number of aromatic carboxylic acids is 1. The van der Waals surface area contributed by atoms with Crippen LogP contribution in [0.2, 0.25) is 0 Å². The third-order valence-corrected chi connectivity index (χ3v) is 2.44. The molecule has 18 heavy (non-hydrogen) atoms. The number of aromatic nitrogens is 1. The van der Waals surface area contributed by atoms with E-state index in [1.807, 2.05) is 6.92 Å². The minimum absolute atomic E-state index is 0.0936. The highest BCUT2D eigenvalue weighted by atomic mass is 16.5. The normalized spacial score (nSPS) is 11.9. The summed E-state index contributed by atoms with van der Waals surface area (Å²) in [5.41, 5.74) is 0.124. The first kappa shape index (κ1) is 14.1. The summed E-state index contributed by atoms with van der Waals surface area (Å²) < 4.78 is 4.97. The maximum atomic E-state index is 11.9. The summed E-state index contributed by atoms with van der Waals surface area (Å²) in [5.74, 6) is -1.49. The number of carboxylic acid groups (broad SMARTS) is 1. The molecule has 0 spiro atoms. The van der Waals surface area contributed by atoms with Gasteiger partial charge in [0.25, 0.3) is 5.91 Å². The molecule has 1 aromatic rings. The van der Waals surface area contributed by atoms with Crippen LogP contribution in [0.1, 0.15) is 34.2 Å². The number of pyridine rings is 1. The van der Waals surface area contributed by atoms with Crippen molar-refractivity contribution in [3.63, 3.8) is 0 Å². The molecule has 1 amide bonds. The van der Waals surface area contributed by atoms with Gasteiger partial charge in [0.05, 0.1) is 12.6 Å². The topological polar surface area (TPSA) is 88.5 Å². The van der Waals surface area contributed by atoms with E-state index in [1.165, 1.54) is 18.3 Å². The van der Waals surface area contributed by atoms with Gasteiger partial charge < -0.3 is 15.2 Å². The molecule has 6 nitrogen and oxygen atoms in total. The number of amides is 1. The van der Waals surface area contributed by atoms with Crippen LogP contribution in [0.4, 0.5) is 0 Å². The predicted octanol–water partition coefficient (Wildman–Crippen LogP) is 0.935. The maximum Gasteiger partial charge on any atom is 0.354 e. The zero-order chi connectivity index (χ0) is 13.5. The van der Waals surface area contributed by atoms with Crippen LogP contribution >= 0.6 is 0 Å². The number of carboxylic acids is 1. The van der Waals surface area contributed by atoms with Crippen molar-refractivity contribution in [1.82, 2.24) is 10.3 Å². The molecule has 0 bridgehead atoms. The second kappa shape index (κ2) is 6.70. The minimum atomic E-state index is -1.16. The van der Waals surface area contributed by atoms with Gasteiger partial charge in [0.15, 0.2) is 0 Å². The number of hydrogen-bond donors (Lipinski definition) is 2. The van der Waals surface area contributed by atoms with Gasteiger partial charge in [-0.15, -0.1) is 0 Å². The van der Waals surface area contributed by atoms with E-state index in [0.29, 0.717) is 6.61 Å². The molecule has 0 radical (unpaired) electrons. The smallest absolute Gasteiger partial charge is 0.354 e. The Labute approximate surface area is 105 Å². The molecule has 1 atom stereocenters. The summed E-state index contributed by atoms with van der Waals surface area (Å²) in [5, 5.41) is 11.6. The van der Waals surface area contributed by atoms with Crippen LogP contribution in [0.25, 0.3) is 0 Å². The average Bonchev–Trinajstić information content (AvgIpc) is 2.38. The molecule has 0 aliphatic carbocycles. The van der Waals surface area contributed by atoms with E-state index in [0.717, 1.165) is 6.42 Å². The molecule has 2 N–H and O–H groups in total. The fourth-order valence-corrected chi connectivity index (χ4v) is 1.42. The van der Waals surface area contributed by atoms with Crippen LogP contribution in [0.3, 0.4) is 0 Å². The molecule has 0 aliphatic heterocycles. The van der Waals surface area contributed by atoms with E-state index < -0.39 is 5.97 Å². The van der Waals surface area contributed by atoms with E-state index in [9.17, 15) is 9.59 Å². The summed E-state index contributed by atoms with van der Waals surface area (Å²) in [6, 6.07) is 2.63. The van der Waals surface area contributed by atoms with Gasteiger partial charge in [-0.05, 0) is 18.6 Å². The Hall–Kier alpha value is -1.95. The lowest BCUT2D eigenvalue weighted by Crippen LogP contribution is -2.37. The van der Waals surface area contributed by atoms with Gasteiger partial charge in [0, 0.05) is 18.9 Å². The zero-order valence-corrected chi connectivity index (χ0v) is 10.3. The van der Waals surface area contributed by atoms with Crippen LogP contribution in [-0.4, -0.2) is 41.7 Å². The minimum Gasteiger partial charge on any atom is -0.477 e. The fourth-order valence-electron chi connectivity index (χ4n) is 1.42. The number of nitrogens with one attached hydrogen (secondary N) is 1. The van der Waals surface area contributed by atoms with Crippen LogP contribution in [0.15, 0.2) is 18.3 Å². The fraction of sp³-hybridized carbons (Fsp3) is 0.417. The Morgan fingerprint density at radius 1 is 1.56 bits per heavy atom. The van der Waals surface area contributed by atoms with Crippen molar-refractivity contribution in [2.45, 2.75) is 19.4 Å². The Bertz CT molecular complexity index is 434. The first-order chi connectivity index (χ1) is 8.58. The van der Waals surface area contributed by atoms with Gasteiger partial charge in [0.2, 0.25) is 0 Å². The number of methoxy groups -OCH3 is 1. The highest BCUT2D eigenvalue weighted by Crippen LogP contribution is 2.03. The van der Waals surface area contributed by atoms with Crippen molar-refractivity contribution in [2.24, 2.45) is 0 Å². The zero-order valence-electron chi connectivity index (χ0n) is 10.3. The van der Waals surface area contributed by atoms with Gasteiger partial charge >= 0.3 is 5.97 Å². The highest BCUT2D eigenvalue weighted by Gasteiger charge is 2.14. The van der Waals surface area contributed by atoms with Crippen molar-refractivity contribution < 1.29 is 19.4 Å². The number of carbonyl (C=O) groups is 2. The molecule has 1 heterocycles. The Kier molecular flexibility index (Phi) is 5.26. The first-order valence-corrected chi connectivity index (χ1v) is 5.57. The van der Waals surface area contributed by atoms with Gasteiger partial charge in [-0.3, -0.25) is 4.79 Å². The third-order valence-electron chi connectivity index (χ3n) is 2.44. The first-order valence-electron chi connectivity index (χ1n) is 5.57. The molecule has 1 unspecified atom stereocenters. The number of carbonyl (C=O) groups excluding carboxylic acids is 1. The van der Waals surface area contributed by atoms with Crippen LogP contribution in [-0.2, 0) is 4.74 Å². The molecule has 1 aromatic heterocycles. The number of hydrogen-bond acceptors (Lipinski definition) is 4. The largest absolute Gasteiger partial charge is 0.477 e. The van der Waals surface area contributed by atoms with Gasteiger partial charge in [-0.25, -0.2) is 9.78 Å². The van der Waals surface area contributed by atoms with E-state index in [4.69, 9.17) is 9.84 Å². The van der Waals surface area contributed by atoms with Crippen molar-refractivity contribution >= 4 is 11.9 Å². The number of nitrogens with zero attached hydrogens (tertiary/aromatic N) is 1. The quantitative estimate of drug-likeness (QED) is 0.786. The molecular weight excluding hydrogens is 236 g/mol.